The molecule has 0 fully saturated rings. The Morgan fingerprint density at radius 3 is 2.62 bits per heavy atom. The summed E-state index contributed by atoms with van der Waals surface area (Å²) in [5, 5.41) is 0.418. The van der Waals surface area contributed by atoms with Gasteiger partial charge in [-0.15, -0.1) is 0 Å². The third-order valence-corrected chi connectivity index (χ3v) is 4.13. The van der Waals surface area contributed by atoms with Gasteiger partial charge in [0, 0.05) is 29.4 Å². The van der Waals surface area contributed by atoms with Gasteiger partial charge >= 0.3 is 0 Å². The molecule has 1 amide bonds. The molecule has 2 N–H and O–H groups in total. The standard InChI is InChI=1S/C19H16ClN3O3/c1-10-9-22-12(7-11(2)24)8-14(10)19-23-16(18(21)25)17(26-19)13-5-3-4-6-15(13)20/h3-6,8-9H,7H2,1-2H3,(H2,21,25). The maximum atomic E-state index is 11.8. The Balaban J connectivity index is 2.16. The number of ketones is 1. The molecular weight excluding hydrogens is 354 g/mol. The van der Waals surface area contributed by atoms with Gasteiger partial charge in [-0.25, -0.2) is 4.98 Å². The van der Waals surface area contributed by atoms with Crippen LogP contribution in [0.5, 0.6) is 0 Å². The lowest BCUT2D eigenvalue weighted by Gasteiger charge is -2.04. The van der Waals surface area contributed by atoms with Crippen LogP contribution in [0.15, 0.2) is 40.9 Å². The monoisotopic (exact) mass is 369 g/mol. The number of amides is 1. The van der Waals surface area contributed by atoms with E-state index in [2.05, 4.69) is 9.97 Å². The molecule has 0 spiro atoms. The average molecular weight is 370 g/mol. The van der Waals surface area contributed by atoms with Crippen molar-refractivity contribution in [2.45, 2.75) is 20.3 Å². The van der Waals surface area contributed by atoms with Gasteiger partial charge in [-0.3, -0.25) is 14.6 Å². The molecule has 0 aliphatic rings. The van der Waals surface area contributed by atoms with Gasteiger partial charge in [0.1, 0.15) is 5.78 Å². The van der Waals surface area contributed by atoms with Crippen LogP contribution in [0.2, 0.25) is 5.02 Å². The van der Waals surface area contributed by atoms with E-state index in [0.29, 0.717) is 21.8 Å². The van der Waals surface area contributed by atoms with Crippen molar-refractivity contribution in [1.82, 2.24) is 9.97 Å². The molecule has 0 bridgehead atoms. The highest BCUT2D eigenvalue weighted by atomic mass is 35.5. The summed E-state index contributed by atoms with van der Waals surface area (Å²) in [7, 11) is 0. The van der Waals surface area contributed by atoms with Crippen LogP contribution in [0.3, 0.4) is 0 Å². The van der Waals surface area contributed by atoms with Crippen molar-refractivity contribution in [1.29, 1.82) is 0 Å². The van der Waals surface area contributed by atoms with Gasteiger partial charge in [-0.2, -0.15) is 0 Å². The lowest BCUT2D eigenvalue weighted by molar-refractivity contribution is -0.116. The fraction of sp³-hybridized carbons (Fsp3) is 0.158. The summed E-state index contributed by atoms with van der Waals surface area (Å²) in [5.41, 5.74) is 8.01. The highest BCUT2D eigenvalue weighted by molar-refractivity contribution is 6.33. The minimum Gasteiger partial charge on any atom is -0.435 e. The molecule has 7 heteroatoms. The number of carbonyl (C=O) groups is 2. The molecule has 0 saturated carbocycles. The van der Waals surface area contributed by atoms with E-state index in [9.17, 15) is 9.59 Å². The third-order valence-electron chi connectivity index (χ3n) is 3.80. The minimum absolute atomic E-state index is 0.00238. The number of aromatic nitrogens is 2. The van der Waals surface area contributed by atoms with Gasteiger partial charge in [0.15, 0.2) is 11.5 Å². The Kier molecular flexibility index (Phi) is 4.86. The molecule has 6 nitrogen and oxygen atoms in total. The van der Waals surface area contributed by atoms with Crippen molar-refractivity contribution in [3.8, 4) is 22.8 Å². The molecule has 1 aromatic carbocycles. The quantitative estimate of drug-likeness (QED) is 0.740. The topological polar surface area (TPSA) is 99.1 Å². The first-order chi connectivity index (χ1) is 12.4. The van der Waals surface area contributed by atoms with Gasteiger partial charge in [-0.1, -0.05) is 23.7 Å². The van der Waals surface area contributed by atoms with E-state index in [4.69, 9.17) is 21.8 Å². The number of aryl methyl sites for hydroxylation is 1. The minimum atomic E-state index is -0.717. The van der Waals surface area contributed by atoms with E-state index in [1.807, 2.05) is 6.92 Å². The van der Waals surface area contributed by atoms with Crippen molar-refractivity contribution in [2.24, 2.45) is 5.73 Å². The Hall–Kier alpha value is -2.99. The number of carbonyl (C=O) groups excluding carboxylic acids is 2. The SMILES string of the molecule is CC(=O)Cc1cc(-c2nc(C(N)=O)c(-c3ccccc3Cl)o2)c(C)cn1. The zero-order valence-corrected chi connectivity index (χ0v) is 15.0. The molecule has 0 saturated heterocycles. The second-order valence-corrected chi connectivity index (χ2v) is 6.32. The number of halogens is 1. The fourth-order valence-electron chi connectivity index (χ4n) is 2.58. The lowest BCUT2D eigenvalue weighted by Crippen LogP contribution is -2.12. The third kappa shape index (κ3) is 3.50. The number of Topliss-reactive ketones (excluding diaryl/α,β-unsaturated/α-hetero) is 1. The zero-order chi connectivity index (χ0) is 18.8. The largest absolute Gasteiger partial charge is 0.435 e. The predicted octanol–water partition coefficient (Wildman–Crippen LogP) is 3.60. The van der Waals surface area contributed by atoms with Crippen LogP contribution in [0.4, 0.5) is 0 Å². The van der Waals surface area contributed by atoms with Crippen LogP contribution < -0.4 is 5.73 Å². The predicted molar refractivity (Wildman–Crippen MR) is 97.8 cm³/mol. The van der Waals surface area contributed by atoms with Gasteiger partial charge in [0.2, 0.25) is 5.89 Å². The first-order valence-corrected chi connectivity index (χ1v) is 8.25. The van der Waals surface area contributed by atoms with Crippen LogP contribution >= 0.6 is 11.6 Å². The zero-order valence-electron chi connectivity index (χ0n) is 14.2. The molecule has 0 atom stereocenters. The molecule has 3 aromatic rings. The maximum Gasteiger partial charge on any atom is 0.271 e. The highest BCUT2D eigenvalue weighted by Crippen LogP contribution is 2.34. The van der Waals surface area contributed by atoms with Crippen LogP contribution in [-0.4, -0.2) is 21.7 Å². The molecule has 0 unspecified atom stereocenters. The van der Waals surface area contributed by atoms with Crippen LogP contribution in [0.25, 0.3) is 22.8 Å². The molecule has 0 aliphatic heterocycles. The van der Waals surface area contributed by atoms with E-state index >= 15 is 0 Å². The number of oxazole rings is 1. The Morgan fingerprint density at radius 1 is 1.23 bits per heavy atom. The Morgan fingerprint density at radius 2 is 1.96 bits per heavy atom. The number of benzene rings is 1. The van der Waals surface area contributed by atoms with Crippen molar-refractivity contribution in [3.05, 3.63) is 58.5 Å². The van der Waals surface area contributed by atoms with E-state index < -0.39 is 5.91 Å². The maximum absolute atomic E-state index is 11.8. The van der Waals surface area contributed by atoms with E-state index in [-0.39, 0.29) is 29.5 Å². The summed E-state index contributed by atoms with van der Waals surface area (Å²) in [5.74, 6) is -0.291. The molecule has 0 aliphatic carbocycles. The normalized spacial score (nSPS) is 10.7. The summed E-state index contributed by atoms with van der Waals surface area (Å²) in [6.07, 6.45) is 1.84. The van der Waals surface area contributed by atoms with E-state index in [0.717, 1.165) is 5.56 Å². The number of hydrogen-bond donors (Lipinski definition) is 1. The molecule has 132 valence electrons. The van der Waals surface area contributed by atoms with Gasteiger partial charge in [0.25, 0.3) is 5.91 Å². The number of nitrogens with two attached hydrogens (primary N) is 1. The molecule has 0 radical (unpaired) electrons. The van der Waals surface area contributed by atoms with E-state index in [1.165, 1.54) is 6.92 Å². The Labute approximate surface area is 155 Å². The molecule has 3 rings (SSSR count). The second kappa shape index (κ2) is 7.09. The number of primary amides is 1. The van der Waals surface area contributed by atoms with Crippen molar-refractivity contribution < 1.29 is 14.0 Å². The van der Waals surface area contributed by atoms with Gasteiger partial charge in [-0.05, 0) is 37.6 Å². The average Bonchev–Trinajstić information content (AvgIpc) is 3.01. The fourth-order valence-corrected chi connectivity index (χ4v) is 2.80. The number of pyridine rings is 1. The highest BCUT2D eigenvalue weighted by Gasteiger charge is 2.23. The number of rotatable bonds is 5. The summed E-state index contributed by atoms with van der Waals surface area (Å²) in [6, 6.07) is 8.68. The number of nitrogens with zero attached hydrogens (tertiary/aromatic N) is 2. The van der Waals surface area contributed by atoms with Crippen molar-refractivity contribution in [2.75, 3.05) is 0 Å². The van der Waals surface area contributed by atoms with Gasteiger partial charge in [0.05, 0.1) is 5.02 Å². The summed E-state index contributed by atoms with van der Waals surface area (Å²) < 4.78 is 5.86. The first-order valence-electron chi connectivity index (χ1n) is 7.87. The molecule has 2 aromatic heterocycles. The van der Waals surface area contributed by atoms with Crippen LogP contribution in [-0.2, 0) is 11.2 Å². The van der Waals surface area contributed by atoms with E-state index in [1.54, 1.807) is 36.5 Å². The van der Waals surface area contributed by atoms with Crippen molar-refractivity contribution in [3.63, 3.8) is 0 Å². The smallest absolute Gasteiger partial charge is 0.271 e. The van der Waals surface area contributed by atoms with Crippen LogP contribution in [0, 0.1) is 6.92 Å². The summed E-state index contributed by atoms with van der Waals surface area (Å²) in [4.78, 5) is 31.7. The molecular formula is C19H16ClN3O3. The second-order valence-electron chi connectivity index (χ2n) is 5.91. The van der Waals surface area contributed by atoms with Crippen LogP contribution in [0.1, 0.15) is 28.7 Å². The van der Waals surface area contributed by atoms with Gasteiger partial charge < -0.3 is 10.2 Å². The summed E-state index contributed by atoms with van der Waals surface area (Å²) in [6.45, 7) is 3.33. The molecule has 2 heterocycles. The first kappa shape index (κ1) is 17.8. The lowest BCUT2D eigenvalue weighted by atomic mass is 10.1. The summed E-state index contributed by atoms with van der Waals surface area (Å²) >= 11 is 6.22. The van der Waals surface area contributed by atoms with Crippen molar-refractivity contribution >= 4 is 23.3 Å². The number of hydrogen-bond acceptors (Lipinski definition) is 5. The Bertz CT molecular complexity index is 1010. The molecule has 26 heavy (non-hydrogen) atoms.